The first-order valence-electron chi connectivity index (χ1n) is 5.37. The molecule has 0 amide bonds. The molecule has 1 aromatic carbocycles. The van der Waals surface area contributed by atoms with E-state index in [0.717, 1.165) is 5.56 Å². The first kappa shape index (κ1) is 13.1. The maximum absolute atomic E-state index is 13.0. The second kappa shape index (κ2) is 6.58. The standard InChI is InChI=1S/C12H18FNO2/c1-9-6-10(2-3-12(9)13)7-14-11(8-16)4-5-15/h2-3,6,11,14-16H,4-5,7-8H2,1H3. The van der Waals surface area contributed by atoms with Gasteiger partial charge in [-0.25, -0.2) is 4.39 Å². The van der Waals surface area contributed by atoms with Crippen LogP contribution in [0.3, 0.4) is 0 Å². The smallest absolute Gasteiger partial charge is 0.126 e. The lowest BCUT2D eigenvalue weighted by Crippen LogP contribution is -2.32. The van der Waals surface area contributed by atoms with Crippen LogP contribution >= 0.6 is 0 Å². The minimum Gasteiger partial charge on any atom is -0.396 e. The van der Waals surface area contributed by atoms with Gasteiger partial charge in [0, 0.05) is 19.2 Å². The number of aryl methyl sites for hydroxylation is 1. The summed E-state index contributed by atoms with van der Waals surface area (Å²) < 4.78 is 13.0. The SMILES string of the molecule is Cc1cc(CNC(CO)CCO)ccc1F. The van der Waals surface area contributed by atoms with Crippen LogP contribution in [-0.4, -0.2) is 29.5 Å². The Kier molecular flexibility index (Phi) is 5.38. The van der Waals surface area contributed by atoms with Crippen LogP contribution in [0.5, 0.6) is 0 Å². The molecule has 4 heteroatoms. The van der Waals surface area contributed by atoms with Crippen molar-refractivity contribution >= 4 is 0 Å². The highest BCUT2D eigenvalue weighted by Crippen LogP contribution is 2.09. The first-order valence-corrected chi connectivity index (χ1v) is 5.37. The molecule has 1 aromatic rings. The molecule has 1 unspecified atom stereocenters. The summed E-state index contributed by atoms with van der Waals surface area (Å²) in [5.41, 5.74) is 1.58. The van der Waals surface area contributed by atoms with Gasteiger partial charge in [0.15, 0.2) is 0 Å². The predicted octanol–water partition coefficient (Wildman–Crippen LogP) is 0.967. The second-order valence-electron chi connectivity index (χ2n) is 3.86. The van der Waals surface area contributed by atoms with E-state index >= 15 is 0 Å². The maximum Gasteiger partial charge on any atom is 0.126 e. The number of hydrogen-bond donors (Lipinski definition) is 3. The highest BCUT2D eigenvalue weighted by atomic mass is 19.1. The fourth-order valence-corrected chi connectivity index (χ4v) is 1.49. The molecule has 0 saturated heterocycles. The molecule has 1 rings (SSSR count). The molecule has 0 fully saturated rings. The first-order chi connectivity index (χ1) is 7.67. The zero-order valence-electron chi connectivity index (χ0n) is 9.41. The molecule has 0 heterocycles. The van der Waals surface area contributed by atoms with E-state index in [0.29, 0.717) is 18.5 Å². The molecule has 0 aliphatic heterocycles. The Morgan fingerprint density at radius 1 is 1.38 bits per heavy atom. The molecule has 0 saturated carbocycles. The Hall–Kier alpha value is -0.970. The normalized spacial score (nSPS) is 12.8. The minimum atomic E-state index is -0.210. The molecule has 16 heavy (non-hydrogen) atoms. The summed E-state index contributed by atoms with van der Waals surface area (Å²) in [6.07, 6.45) is 0.511. The lowest BCUT2D eigenvalue weighted by Gasteiger charge is -2.15. The Morgan fingerprint density at radius 2 is 2.12 bits per heavy atom. The third kappa shape index (κ3) is 3.89. The average Bonchev–Trinajstić information content (AvgIpc) is 2.28. The van der Waals surface area contributed by atoms with Gasteiger partial charge in [0.1, 0.15) is 5.82 Å². The fourth-order valence-electron chi connectivity index (χ4n) is 1.49. The lowest BCUT2D eigenvalue weighted by atomic mass is 10.1. The molecular formula is C12H18FNO2. The molecule has 3 N–H and O–H groups in total. The Bertz CT molecular complexity index is 331. The number of halogens is 1. The predicted molar refractivity (Wildman–Crippen MR) is 60.6 cm³/mol. The van der Waals surface area contributed by atoms with E-state index in [-0.39, 0.29) is 25.1 Å². The summed E-state index contributed by atoms with van der Waals surface area (Å²) in [5.74, 6) is -0.210. The van der Waals surface area contributed by atoms with Crippen LogP contribution in [0.2, 0.25) is 0 Å². The van der Waals surface area contributed by atoms with Crippen LogP contribution in [0.1, 0.15) is 17.5 Å². The molecule has 0 bridgehead atoms. The number of hydrogen-bond acceptors (Lipinski definition) is 3. The third-order valence-electron chi connectivity index (χ3n) is 2.52. The molecule has 0 aliphatic rings. The van der Waals surface area contributed by atoms with Gasteiger partial charge in [-0.1, -0.05) is 12.1 Å². The molecule has 90 valence electrons. The number of rotatable bonds is 6. The van der Waals surface area contributed by atoms with Crippen molar-refractivity contribution in [3.05, 3.63) is 35.1 Å². The van der Waals surface area contributed by atoms with Gasteiger partial charge >= 0.3 is 0 Å². The molecule has 1 atom stereocenters. The monoisotopic (exact) mass is 227 g/mol. The summed E-state index contributed by atoms with van der Waals surface area (Å²) in [7, 11) is 0. The van der Waals surface area contributed by atoms with Crippen molar-refractivity contribution in [1.29, 1.82) is 0 Å². The highest BCUT2D eigenvalue weighted by molar-refractivity contribution is 5.23. The molecular weight excluding hydrogens is 209 g/mol. The van der Waals surface area contributed by atoms with Crippen molar-refractivity contribution in [2.24, 2.45) is 0 Å². The van der Waals surface area contributed by atoms with Crippen LogP contribution in [-0.2, 0) is 6.54 Å². The molecule has 0 radical (unpaired) electrons. The van der Waals surface area contributed by atoms with Crippen LogP contribution in [0.15, 0.2) is 18.2 Å². The van der Waals surface area contributed by atoms with E-state index in [1.165, 1.54) is 6.07 Å². The number of nitrogens with one attached hydrogen (secondary N) is 1. The van der Waals surface area contributed by atoms with E-state index in [9.17, 15) is 4.39 Å². The fraction of sp³-hybridized carbons (Fsp3) is 0.500. The van der Waals surface area contributed by atoms with E-state index in [4.69, 9.17) is 10.2 Å². The van der Waals surface area contributed by atoms with Gasteiger partial charge in [-0.2, -0.15) is 0 Å². The van der Waals surface area contributed by atoms with E-state index in [1.807, 2.05) is 0 Å². The highest BCUT2D eigenvalue weighted by Gasteiger charge is 2.06. The largest absolute Gasteiger partial charge is 0.396 e. The molecule has 3 nitrogen and oxygen atoms in total. The van der Waals surface area contributed by atoms with E-state index in [2.05, 4.69) is 5.32 Å². The van der Waals surface area contributed by atoms with Gasteiger partial charge in [0.05, 0.1) is 6.61 Å². The van der Waals surface area contributed by atoms with Crippen LogP contribution in [0.25, 0.3) is 0 Å². The summed E-state index contributed by atoms with van der Waals surface area (Å²) in [6.45, 7) is 2.31. The maximum atomic E-state index is 13.0. The summed E-state index contributed by atoms with van der Waals surface area (Å²) in [4.78, 5) is 0. The zero-order chi connectivity index (χ0) is 12.0. The summed E-state index contributed by atoms with van der Waals surface area (Å²) in [6, 6.07) is 4.81. The van der Waals surface area contributed by atoms with Crippen molar-refractivity contribution in [3.63, 3.8) is 0 Å². The van der Waals surface area contributed by atoms with Crippen molar-refractivity contribution in [3.8, 4) is 0 Å². The lowest BCUT2D eigenvalue weighted by molar-refractivity contribution is 0.200. The van der Waals surface area contributed by atoms with E-state index < -0.39 is 0 Å². The summed E-state index contributed by atoms with van der Waals surface area (Å²) in [5, 5.41) is 20.8. The minimum absolute atomic E-state index is 0.0132. The van der Waals surface area contributed by atoms with Crippen LogP contribution in [0, 0.1) is 12.7 Å². The number of benzene rings is 1. The Morgan fingerprint density at radius 3 is 2.69 bits per heavy atom. The van der Waals surface area contributed by atoms with Crippen molar-refractivity contribution in [2.75, 3.05) is 13.2 Å². The van der Waals surface area contributed by atoms with Gasteiger partial charge in [-0.3, -0.25) is 0 Å². The third-order valence-corrected chi connectivity index (χ3v) is 2.52. The Balaban J connectivity index is 2.50. The summed E-state index contributed by atoms with van der Waals surface area (Å²) >= 11 is 0. The topological polar surface area (TPSA) is 52.5 Å². The number of aliphatic hydroxyl groups excluding tert-OH is 2. The van der Waals surface area contributed by atoms with Crippen molar-refractivity contribution in [2.45, 2.75) is 25.9 Å². The van der Waals surface area contributed by atoms with Gasteiger partial charge in [-0.05, 0) is 30.5 Å². The molecule has 0 aliphatic carbocycles. The van der Waals surface area contributed by atoms with Crippen LogP contribution in [0.4, 0.5) is 4.39 Å². The Labute approximate surface area is 94.9 Å². The molecule has 0 spiro atoms. The van der Waals surface area contributed by atoms with Crippen molar-refractivity contribution < 1.29 is 14.6 Å². The second-order valence-corrected chi connectivity index (χ2v) is 3.86. The van der Waals surface area contributed by atoms with Crippen LogP contribution < -0.4 is 5.32 Å². The van der Waals surface area contributed by atoms with Gasteiger partial charge in [0.25, 0.3) is 0 Å². The quantitative estimate of drug-likeness (QED) is 0.678. The van der Waals surface area contributed by atoms with Gasteiger partial charge in [-0.15, -0.1) is 0 Å². The average molecular weight is 227 g/mol. The van der Waals surface area contributed by atoms with Crippen molar-refractivity contribution in [1.82, 2.24) is 5.32 Å². The van der Waals surface area contributed by atoms with Gasteiger partial charge in [0.2, 0.25) is 0 Å². The van der Waals surface area contributed by atoms with Gasteiger partial charge < -0.3 is 15.5 Å². The zero-order valence-corrected chi connectivity index (χ0v) is 9.41. The van der Waals surface area contributed by atoms with E-state index in [1.54, 1.807) is 19.1 Å². The number of aliphatic hydroxyl groups is 2. The molecule has 0 aromatic heterocycles.